The monoisotopic (exact) mass is 305 g/mol. The van der Waals surface area contributed by atoms with Crippen LogP contribution in [0.4, 0.5) is 5.95 Å². The van der Waals surface area contributed by atoms with E-state index in [0.29, 0.717) is 17.7 Å². The Balaban J connectivity index is 1.75. The zero-order valence-electron chi connectivity index (χ0n) is 13.5. The van der Waals surface area contributed by atoms with Crippen LogP contribution in [0.2, 0.25) is 0 Å². The van der Waals surface area contributed by atoms with Gasteiger partial charge in [0, 0.05) is 13.1 Å². The Kier molecular flexibility index (Phi) is 4.20. The van der Waals surface area contributed by atoms with Crippen LogP contribution in [0.25, 0.3) is 0 Å². The summed E-state index contributed by atoms with van der Waals surface area (Å²) in [6.07, 6.45) is 5.25. The lowest BCUT2D eigenvalue weighted by Crippen LogP contribution is -2.47. The Morgan fingerprint density at radius 3 is 2.32 bits per heavy atom. The summed E-state index contributed by atoms with van der Waals surface area (Å²) in [6, 6.07) is 1.69. The van der Waals surface area contributed by atoms with E-state index in [4.69, 9.17) is 14.2 Å². The van der Waals surface area contributed by atoms with Gasteiger partial charge in [0.25, 0.3) is 0 Å². The van der Waals surface area contributed by atoms with Crippen molar-refractivity contribution >= 4 is 5.95 Å². The van der Waals surface area contributed by atoms with E-state index >= 15 is 0 Å². The number of piperidine rings is 1. The quantitative estimate of drug-likeness (QED) is 0.798. The van der Waals surface area contributed by atoms with Gasteiger partial charge >= 0.3 is 0 Å². The normalized spacial score (nSPS) is 20.7. The van der Waals surface area contributed by atoms with Gasteiger partial charge in [-0.25, -0.2) is 0 Å². The van der Waals surface area contributed by atoms with Gasteiger partial charge in [-0.2, -0.15) is 9.97 Å². The van der Waals surface area contributed by atoms with E-state index in [-0.39, 0.29) is 5.60 Å². The van der Waals surface area contributed by atoms with Crippen molar-refractivity contribution in [3.05, 3.63) is 17.7 Å². The van der Waals surface area contributed by atoms with Crippen LogP contribution in [0.15, 0.2) is 17.7 Å². The molecule has 1 spiro atoms. The average molecular weight is 305 g/mol. The first kappa shape index (κ1) is 15.1. The zero-order valence-corrected chi connectivity index (χ0v) is 13.5. The van der Waals surface area contributed by atoms with Crippen molar-refractivity contribution in [2.45, 2.75) is 31.8 Å². The largest absolute Gasteiger partial charge is 0.481 e. The maximum atomic E-state index is 6.06. The number of hydrogen-bond donors (Lipinski definition) is 0. The molecule has 3 heterocycles. The summed E-state index contributed by atoms with van der Waals surface area (Å²) < 4.78 is 16.5. The third kappa shape index (κ3) is 3.02. The summed E-state index contributed by atoms with van der Waals surface area (Å²) in [4.78, 5) is 11.0. The smallest absolute Gasteiger partial charge is 0.231 e. The number of rotatable bonds is 3. The molecule has 0 bridgehead atoms. The fourth-order valence-electron chi connectivity index (χ4n) is 3.09. The van der Waals surface area contributed by atoms with Crippen molar-refractivity contribution in [2.75, 3.05) is 38.8 Å². The van der Waals surface area contributed by atoms with Gasteiger partial charge in [-0.15, -0.1) is 0 Å². The summed E-state index contributed by atoms with van der Waals surface area (Å²) in [5.41, 5.74) is 1.33. The van der Waals surface area contributed by atoms with Crippen molar-refractivity contribution in [1.82, 2.24) is 9.97 Å². The molecule has 1 saturated heterocycles. The van der Waals surface area contributed by atoms with Crippen molar-refractivity contribution in [3.63, 3.8) is 0 Å². The maximum Gasteiger partial charge on any atom is 0.231 e. The molecule has 0 radical (unpaired) electrons. The highest BCUT2D eigenvalue weighted by atomic mass is 16.5. The van der Waals surface area contributed by atoms with E-state index in [9.17, 15) is 0 Å². The second-order valence-electron chi connectivity index (χ2n) is 5.89. The van der Waals surface area contributed by atoms with Crippen LogP contribution in [-0.4, -0.2) is 49.5 Å². The highest BCUT2D eigenvalue weighted by molar-refractivity contribution is 5.38. The average Bonchev–Trinajstić information content (AvgIpc) is 2.55. The zero-order chi connectivity index (χ0) is 15.6. The Morgan fingerprint density at radius 2 is 1.77 bits per heavy atom. The molecule has 0 aromatic carbocycles. The van der Waals surface area contributed by atoms with Gasteiger partial charge in [0.1, 0.15) is 0 Å². The Bertz CT molecular complexity index is 544. The molecule has 22 heavy (non-hydrogen) atoms. The van der Waals surface area contributed by atoms with Crippen molar-refractivity contribution < 1.29 is 14.2 Å². The lowest BCUT2D eigenvalue weighted by molar-refractivity contribution is -0.0327. The fraction of sp³-hybridized carbons (Fsp3) is 0.625. The number of nitrogens with zero attached hydrogens (tertiary/aromatic N) is 3. The predicted octanol–water partition coefficient (Wildman–Crippen LogP) is 2.20. The molecule has 2 aliphatic rings. The molecule has 6 nitrogen and oxygen atoms in total. The fourth-order valence-corrected chi connectivity index (χ4v) is 3.09. The van der Waals surface area contributed by atoms with Gasteiger partial charge in [-0.3, -0.25) is 0 Å². The Morgan fingerprint density at radius 1 is 1.14 bits per heavy atom. The van der Waals surface area contributed by atoms with Gasteiger partial charge < -0.3 is 19.1 Å². The molecule has 6 heteroatoms. The minimum Gasteiger partial charge on any atom is -0.481 e. The first-order valence-corrected chi connectivity index (χ1v) is 7.68. The van der Waals surface area contributed by atoms with E-state index in [1.165, 1.54) is 5.57 Å². The minimum absolute atomic E-state index is 0.0955. The molecule has 0 amide bonds. The van der Waals surface area contributed by atoms with Gasteiger partial charge in [0.15, 0.2) is 0 Å². The first-order valence-electron chi connectivity index (χ1n) is 7.68. The topological polar surface area (TPSA) is 56.7 Å². The lowest BCUT2D eigenvalue weighted by atomic mass is 9.87. The van der Waals surface area contributed by atoms with Crippen LogP contribution in [0.1, 0.15) is 26.2 Å². The predicted molar refractivity (Wildman–Crippen MR) is 83.6 cm³/mol. The second-order valence-corrected chi connectivity index (χ2v) is 5.89. The first-order chi connectivity index (χ1) is 10.6. The molecular weight excluding hydrogens is 282 g/mol. The molecule has 1 aromatic rings. The highest BCUT2D eigenvalue weighted by Crippen LogP contribution is 2.34. The number of hydrogen-bond acceptors (Lipinski definition) is 6. The Labute approximate surface area is 131 Å². The van der Waals surface area contributed by atoms with Gasteiger partial charge in [0.2, 0.25) is 17.7 Å². The van der Waals surface area contributed by atoms with Crippen LogP contribution in [0.5, 0.6) is 11.8 Å². The maximum absolute atomic E-state index is 6.06. The molecular formula is C16H23N3O3. The highest BCUT2D eigenvalue weighted by Gasteiger charge is 2.36. The number of anilines is 1. The van der Waals surface area contributed by atoms with Gasteiger partial charge in [-0.05, 0) is 26.2 Å². The summed E-state index contributed by atoms with van der Waals surface area (Å²) in [6.45, 7) is 4.73. The van der Waals surface area contributed by atoms with Crippen molar-refractivity contribution in [3.8, 4) is 11.8 Å². The lowest BCUT2D eigenvalue weighted by Gasteiger charge is -2.42. The molecule has 120 valence electrons. The Hall–Kier alpha value is -1.82. The van der Waals surface area contributed by atoms with E-state index in [1.807, 2.05) is 0 Å². The molecule has 0 unspecified atom stereocenters. The van der Waals surface area contributed by atoms with Crippen LogP contribution >= 0.6 is 0 Å². The van der Waals surface area contributed by atoms with Crippen LogP contribution in [0.3, 0.4) is 0 Å². The molecule has 0 atom stereocenters. The van der Waals surface area contributed by atoms with E-state index in [1.54, 1.807) is 20.3 Å². The molecule has 0 aliphatic carbocycles. The summed E-state index contributed by atoms with van der Waals surface area (Å²) in [5.74, 6) is 1.70. The van der Waals surface area contributed by atoms with E-state index in [0.717, 1.165) is 39.0 Å². The van der Waals surface area contributed by atoms with Crippen LogP contribution in [0, 0.1) is 0 Å². The van der Waals surface area contributed by atoms with E-state index in [2.05, 4.69) is 27.9 Å². The summed E-state index contributed by atoms with van der Waals surface area (Å²) in [5, 5.41) is 0. The third-order valence-corrected chi connectivity index (χ3v) is 4.37. The van der Waals surface area contributed by atoms with Crippen molar-refractivity contribution in [1.29, 1.82) is 0 Å². The van der Waals surface area contributed by atoms with Gasteiger partial charge in [-0.1, -0.05) is 11.6 Å². The summed E-state index contributed by atoms with van der Waals surface area (Å²) in [7, 11) is 3.19. The summed E-state index contributed by atoms with van der Waals surface area (Å²) >= 11 is 0. The van der Waals surface area contributed by atoms with Crippen LogP contribution in [-0.2, 0) is 4.74 Å². The molecule has 3 rings (SSSR count). The number of ether oxygens (including phenoxy) is 3. The SMILES string of the molecule is COc1cc(OC)nc(N2CCC3(C=C(C)CCO3)CC2)n1. The minimum atomic E-state index is -0.0955. The standard InChI is InChI=1S/C16H23N3O3/c1-12-4-9-22-16(11-12)5-7-19(8-6-16)15-17-13(20-2)10-14(18-15)21-3/h10-11H,4-9H2,1-3H3. The van der Waals surface area contributed by atoms with Crippen molar-refractivity contribution in [2.24, 2.45) is 0 Å². The molecule has 0 N–H and O–H groups in total. The molecule has 1 fully saturated rings. The molecule has 2 aliphatic heterocycles. The van der Waals surface area contributed by atoms with E-state index < -0.39 is 0 Å². The number of aromatic nitrogens is 2. The van der Waals surface area contributed by atoms with Crippen LogP contribution < -0.4 is 14.4 Å². The third-order valence-electron chi connectivity index (χ3n) is 4.37. The van der Waals surface area contributed by atoms with Gasteiger partial charge in [0.05, 0.1) is 32.5 Å². The second kappa shape index (κ2) is 6.12. The molecule has 0 saturated carbocycles. The molecule has 1 aromatic heterocycles. The number of methoxy groups -OCH3 is 2.